The smallest absolute Gasteiger partial charge is 0.312 e. The van der Waals surface area contributed by atoms with Gasteiger partial charge in [0.15, 0.2) is 4.90 Å². The lowest BCUT2D eigenvalue weighted by Gasteiger charge is -2.25. The van der Waals surface area contributed by atoms with Crippen LogP contribution in [0.15, 0.2) is 23.1 Å². The maximum Gasteiger partial charge on any atom is 0.312 e. The molecule has 0 radical (unpaired) electrons. The number of para-hydroxylation sites is 1. The van der Waals surface area contributed by atoms with Crippen LogP contribution in [0, 0.1) is 16.0 Å². The highest BCUT2D eigenvalue weighted by molar-refractivity contribution is 7.89. The van der Waals surface area contributed by atoms with Crippen LogP contribution in [0.4, 0.5) is 11.4 Å². The number of sulfonamides is 1. The number of nitro groups is 1. The maximum absolute atomic E-state index is 12.3. The van der Waals surface area contributed by atoms with E-state index in [-0.39, 0.29) is 10.6 Å². The van der Waals surface area contributed by atoms with Crippen molar-refractivity contribution in [1.29, 1.82) is 0 Å². The third-order valence-corrected chi connectivity index (χ3v) is 5.30. The molecule has 116 valence electrons. The summed E-state index contributed by atoms with van der Waals surface area (Å²) in [6.07, 6.45) is 4.25. The second kappa shape index (κ2) is 6.40. The molecule has 0 bridgehead atoms. The Hall–Kier alpha value is -1.67. The lowest BCUT2D eigenvalue weighted by atomic mass is 9.83. The van der Waals surface area contributed by atoms with Crippen LogP contribution in [0.5, 0.6) is 0 Å². The molecule has 0 amide bonds. The summed E-state index contributed by atoms with van der Waals surface area (Å²) in [6.45, 7) is 0.313. The van der Waals surface area contributed by atoms with E-state index in [4.69, 9.17) is 0 Å². The SMILES string of the molecule is CNc1cccc(S(=O)(=O)NCCC2CCC2)c1[N+](=O)[O-]. The van der Waals surface area contributed by atoms with Gasteiger partial charge in [-0.25, -0.2) is 13.1 Å². The van der Waals surface area contributed by atoms with Crippen LogP contribution in [0.2, 0.25) is 0 Å². The number of nitro benzene ring substituents is 1. The highest BCUT2D eigenvalue weighted by Crippen LogP contribution is 2.32. The zero-order chi connectivity index (χ0) is 15.5. The Morgan fingerprint density at radius 1 is 1.38 bits per heavy atom. The molecular weight excluding hydrogens is 294 g/mol. The topological polar surface area (TPSA) is 101 Å². The summed E-state index contributed by atoms with van der Waals surface area (Å²) in [5.74, 6) is 0.575. The van der Waals surface area contributed by atoms with Gasteiger partial charge < -0.3 is 5.32 Å². The first-order valence-electron chi connectivity index (χ1n) is 6.90. The van der Waals surface area contributed by atoms with Gasteiger partial charge in [-0.2, -0.15) is 0 Å². The summed E-state index contributed by atoms with van der Waals surface area (Å²) in [5.41, 5.74) is -0.238. The molecule has 0 unspecified atom stereocenters. The molecule has 0 heterocycles. The van der Waals surface area contributed by atoms with Crippen molar-refractivity contribution < 1.29 is 13.3 Å². The predicted molar refractivity (Wildman–Crippen MR) is 79.8 cm³/mol. The molecule has 0 spiro atoms. The first-order chi connectivity index (χ1) is 9.95. The number of rotatable bonds is 7. The number of nitrogens with one attached hydrogen (secondary N) is 2. The van der Waals surface area contributed by atoms with Crippen molar-refractivity contribution in [2.45, 2.75) is 30.6 Å². The predicted octanol–water partition coefficient (Wildman–Crippen LogP) is 2.10. The van der Waals surface area contributed by atoms with Crippen molar-refractivity contribution in [1.82, 2.24) is 4.72 Å². The third kappa shape index (κ3) is 3.51. The zero-order valence-electron chi connectivity index (χ0n) is 11.8. The molecule has 0 aromatic heterocycles. The van der Waals surface area contributed by atoms with Gasteiger partial charge in [0, 0.05) is 13.6 Å². The quantitative estimate of drug-likeness (QED) is 0.593. The fourth-order valence-electron chi connectivity index (χ4n) is 2.39. The largest absolute Gasteiger partial charge is 0.383 e. The normalized spacial score (nSPS) is 15.5. The van der Waals surface area contributed by atoms with Gasteiger partial charge in [-0.3, -0.25) is 10.1 Å². The number of nitrogens with zero attached hydrogens (tertiary/aromatic N) is 1. The van der Waals surface area contributed by atoms with E-state index in [0.29, 0.717) is 12.5 Å². The molecule has 21 heavy (non-hydrogen) atoms. The average molecular weight is 313 g/mol. The molecular formula is C13H19N3O4S. The number of benzene rings is 1. The highest BCUT2D eigenvalue weighted by Gasteiger charge is 2.28. The van der Waals surface area contributed by atoms with Gasteiger partial charge in [0.1, 0.15) is 5.69 Å². The summed E-state index contributed by atoms with van der Waals surface area (Å²) in [5, 5.41) is 13.8. The van der Waals surface area contributed by atoms with Gasteiger partial charge in [0.25, 0.3) is 0 Å². The summed E-state index contributed by atoms with van der Waals surface area (Å²) < 4.78 is 27.0. The Morgan fingerprint density at radius 3 is 2.62 bits per heavy atom. The first-order valence-corrected chi connectivity index (χ1v) is 8.39. The molecule has 2 N–H and O–H groups in total. The van der Waals surface area contributed by atoms with Crippen molar-refractivity contribution in [3.8, 4) is 0 Å². The van der Waals surface area contributed by atoms with E-state index in [0.717, 1.165) is 19.3 Å². The summed E-state index contributed by atoms with van der Waals surface area (Å²) >= 11 is 0. The minimum absolute atomic E-state index is 0.182. The van der Waals surface area contributed by atoms with Crippen LogP contribution < -0.4 is 10.0 Å². The van der Waals surface area contributed by atoms with E-state index in [1.54, 1.807) is 0 Å². The molecule has 8 heteroatoms. The van der Waals surface area contributed by atoms with Gasteiger partial charge >= 0.3 is 5.69 Å². The van der Waals surface area contributed by atoms with Crippen molar-refractivity contribution in [2.75, 3.05) is 18.9 Å². The Bertz CT molecular complexity index is 626. The molecule has 1 fully saturated rings. The average Bonchev–Trinajstić information content (AvgIpc) is 2.40. The van der Waals surface area contributed by atoms with Crippen LogP contribution in [-0.4, -0.2) is 26.9 Å². The Kier molecular flexibility index (Phi) is 4.79. The van der Waals surface area contributed by atoms with Gasteiger partial charge in [-0.1, -0.05) is 25.3 Å². The molecule has 2 rings (SSSR count). The van der Waals surface area contributed by atoms with E-state index in [1.165, 1.54) is 31.7 Å². The maximum atomic E-state index is 12.3. The van der Waals surface area contributed by atoms with E-state index >= 15 is 0 Å². The standard InChI is InChI=1S/C13H19N3O4S/c1-14-11-6-3-7-12(13(11)16(17)18)21(19,20)15-9-8-10-4-2-5-10/h3,6-7,10,14-15H,2,4-5,8-9H2,1H3. The fraction of sp³-hybridized carbons (Fsp3) is 0.538. The molecule has 1 aliphatic carbocycles. The Balaban J connectivity index is 2.20. The molecule has 0 saturated heterocycles. The third-order valence-electron chi connectivity index (χ3n) is 3.81. The number of hydrogen-bond donors (Lipinski definition) is 2. The minimum Gasteiger partial charge on any atom is -0.383 e. The number of hydrogen-bond acceptors (Lipinski definition) is 5. The van der Waals surface area contributed by atoms with E-state index in [9.17, 15) is 18.5 Å². The van der Waals surface area contributed by atoms with Crippen molar-refractivity contribution in [3.05, 3.63) is 28.3 Å². The molecule has 1 aromatic rings. The zero-order valence-corrected chi connectivity index (χ0v) is 12.6. The molecule has 1 aromatic carbocycles. The van der Waals surface area contributed by atoms with E-state index in [1.807, 2.05) is 0 Å². The minimum atomic E-state index is -3.88. The molecule has 1 saturated carbocycles. The summed E-state index contributed by atoms with van der Waals surface area (Å²) in [7, 11) is -2.36. The summed E-state index contributed by atoms with van der Waals surface area (Å²) in [6, 6.07) is 4.22. The molecule has 7 nitrogen and oxygen atoms in total. The van der Waals surface area contributed by atoms with E-state index in [2.05, 4.69) is 10.0 Å². The highest BCUT2D eigenvalue weighted by atomic mass is 32.2. The van der Waals surface area contributed by atoms with Gasteiger partial charge in [-0.05, 0) is 24.5 Å². The monoisotopic (exact) mass is 313 g/mol. The fourth-order valence-corrected chi connectivity index (χ4v) is 3.62. The van der Waals surface area contributed by atoms with E-state index < -0.39 is 20.6 Å². The molecule has 0 atom stereocenters. The van der Waals surface area contributed by atoms with Crippen LogP contribution in [-0.2, 0) is 10.0 Å². The lowest BCUT2D eigenvalue weighted by molar-refractivity contribution is -0.386. The van der Waals surface area contributed by atoms with Crippen LogP contribution >= 0.6 is 0 Å². The second-order valence-electron chi connectivity index (χ2n) is 5.14. The van der Waals surface area contributed by atoms with Gasteiger partial charge in [0.2, 0.25) is 10.0 Å². The van der Waals surface area contributed by atoms with Gasteiger partial charge in [-0.15, -0.1) is 0 Å². The van der Waals surface area contributed by atoms with Crippen molar-refractivity contribution in [3.63, 3.8) is 0 Å². The molecule has 0 aliphatic heterocycles. The lowest BCUT2D eigenvalue weighted by Crippen LogP contribution is -2.28. The van der Waals surface area contributed by atoms with Gasteiger partial charge in [0.05, 0.1) is 4.92 Å². The Morgan fingerprint density at radius 2 is 2.10 bits per heavy atom. The second-order valence-corrected chi connectivity index (χ2v) is 6.88. The Labute approximate surface area is 123 Å². The van der Waals surface area contributed by atoms with Crippen LogP contribution in [0.25, 0.3) is 0 Å². The van der Waals surface area contributed by atoms with Crippen LogP contribution in [0.3, 0.4) is 0 Å². The first kappa shape index (κ1) is 15.7. The van der Waals surface area contributed by atoms with Crippen molar-refractivity contribution in [2.24, 2.45) is 5.92 Å². The summed E-state index contributed by atoms with van der Waals surface area (Å²) in [4.78, 5) is 10.2. The molecule has 1 aliphatic rings. The number of anilines is 1. The van der Waals surface area contributed by atoms with Crippen molar-refractivity contribution >= 4 is 21.4 Å². The van der Waals surface area contributed by atoms with Crippen LogP contribution in [0.1, 0.15) is 25.7 Å².